The number of hydrogen-bond acceptors (Lipinski definition) is 6. The van der Waals surface area contributed by atoms with Crippen LogP contribution in [0.5, 0.6) is 0 Å². The zero-order chi connectivity index (χ0) is 17.0. The summed E-state index contributed by atoms with van der Waals surface area (Å²) in [6, 6.07) is 0.918. The van der Waals surface area contributed by atoms with E-state index >= 15 is 0 Å². The lowest BCUT2D eigenvalue weighted by molar-refractivity contribution is -0.119. The van der Waals surface area contributed by atoms with Crippen LogP contribution in [0.25, 0.3) is 11.4 Å². The first-order valence-electron chi connectivity index (χ1n) is 6.79. The number of carbonyl (C=O) groups is 2. The van der Waals surface area contributed by atoms with Crippen molar-refractivity contribution < 1.29 is 14.0 Å². The van der Waals surface area contributed by atoms with Crippen LogP contribution in [-0.4, -0.2) is 32.0 Å². The van der Waals surface area contributed by atoms with E-state index in [1.54, 1.807) is 25.3 Å². The zero-order valence-electron chi connectivity index (χ0n) is 12.8. The summed E-state index contributed by atoms with van der Waals surface area (Å²) in [7, 11) is 0. The number of nitrogens with one attached hydrogen (secondary N) is 1. The van der Waals surface area contributed by atoms with Gasteiger partial charge >= 0.3 is 6.03 Å². The van der Waals surface area contributed by atoms with Crippen molar-refractivity contribution in [1.29, 1.82) is 0 Å². The maximum absolute atomic E-state index is 11.8. The molecule has 0 bridgehead atoms. The van der Waals surface area contributed by atoms with E-state index in [2.05, 4.69) is 16.8 Å². The molecule has 3 amide bonds. The quantitative estimate of drug-likeness (QED) is 0.613. The van der Waals surface area contributed by atoms with Crippen molar-refractivity contribution in [2.24, 2.45) is 5.73 Å². The van der Waals surface area contributed by atoms with Gasteiger partial charge in [0.15, 0.2) is 11.0 Å². The monoisotopic (exact) mass is 335 g/mol. The molecule has 2 rings (SSSR count). The second-order valence-corrected chi connectivity index (χ2v) is 6.02. The second kappa shape index (κ2) is 7.14. The van der Waals surface area contributed by atoms with E-state index in [0.29, 0.717) is 17.5 Å². The molecule has 23 heavy (non-hydrogen) atoms. The minimum Gasteiger partial charge on any atom is -0.469 e. The lowest BCUT2D eigenvalue weighted by Crippen LogP contribution is -2.39. The molecule has 0 fully saturated rings. The molecular formula is C14H17N5O3S. The molecule has 0 aliphatic heterocycles. The van der Waals surface area contributed by atoms with Crippen LogP contribution in [0.2, 0.25) is 0 Å². The molecule has 0 saturated carbocycles. The third-order valence-corrected chi connectivity index (χ3v) is 4.11. The molecule has 0 aromatic carbocycles. The van der Waals surface area contributed by atoms with Crippen LogP contribution in [-0.2, 0) is 11.3 Å². The summed E-state index contributed by atoms with van der Waals surface area (Å²) in [6.45, 7) is 7.68. The zero-order valence-corrected chi connectivity index (χ0v) is 13.6. The first kappa shape index (κ1) is 16.8. The lowest BCUT2D eigenvalue weighted by atomic mass is 10.2. The summed E-state index contributed by atoms with van der Waals surface area (Å²) in [5.41, 5.74) is 5.77. The first-order chi connectivity index (χ1) is 10.9. The van der Waals surface area contributed by atoms with Gasteiger partial charge in [-0.15, -0.1) is 16.8 Å². The molecule has 122 valence electrons. The van der Waals surface area contributed by atoms with Crippen molar-refractivity contribution in [3.05, 3.63) is 30.7 Å². The van der Waals surface area contributed by atoms with Gasteiger partial charge in [-0.05, 0) is 19.9 Å². The molecule has 0 saturated heterocycles. The van der Waals surface area contributed by atoms with Crippen molar-refractivity contribution in [2.45, 2.75) is 30.8 Å². The van der Waals surface area contributed by atoms with Crippen molar-refractivity contribution in [1.82, 2.24) is 20.1 Å². The van der Waals surface area contributed by atoms with Crippen LogP contribution >= 0.6 is 11.8 Å². The largest absolute Gasteiger partial charge is 0.469 e. The van der Waals surface area contributed by atoms with Gasteiger partial charge < -0.3 is 10.2 Å². The van der Waals surface area contributed by atoms with E-state index in [9.17, 15) is 9.59 Å². The van der Waals surface area contributed by atoms with E-state index in [-0.39, 0.29) is 0 Å². The Hall–Kier alpha value is -2.55. The Bertz CT molecular complexity index is 737. The number of allylic oxidation sites excluding steroid dienone is 1. The molecular weight excluding hydrogens is 318 g/mol. The Kier molecular flexibility index (Phi) is 5.22. The predicted octanol–water partition coefficient (Wildman–Crippen LogP) is 1.71. The number of urea groups is 1. The number of aromatic nitrogens is 3. The molecule has 2 aromatic rings. The van der Waals surface area contributed by atoms with Crippen molar-refractivity contribution >= 4 is 23.7 Å². The molecule has 2 heterocycles. The lowest BCUT2D eigenvalue weighted by Gasteiger charge is -2.11. The van der Waals surface area contributed by atoms with Gasteiger partial charge in [-0.1, -0.05) is 17.8 Å². The van der Waals surface area contributed by atoms with Crippen LogP contribution in [0.15, 0.2) is 34.6 Å². The molecule has 3 N–H and O–H groups in total. The standard InChI is InChI=1S/C14H17N5O3S/c1-4-6-19-11(10-5-7-22-8(10)2)17-18-14(19)23-9(3)12(20)16-13(15)21/h4-5,7,9H,1,6H2,2-3H3,(H3,15,16,20,21)/t9-/m0/s1. The van der Waals surface area contributed by atoms with Gasteiger partial charge in [0.1, 0.15) is 5.76 Å². The highest BCUT2D eigenvalue weighted by Gasteiger charge is 2.22. The number of rotatable bonds is 6. The predicted molar refractivity (Wildman–Crippen MR) is 85.7 cm³/mol. The highest BCUT2D eigenvalue weighted by Crippen LogP contribution is 2.29. The van der Waals surface area contributed by atoms with Crippen LogP contribution in [0.4, 0.5) is 4.79 Å². The molecule has 0 unspecified atom stereocenters. The summed E-state index contributed by atoms with van der Waals surface area (Å²) in [5.74, 6) is 0.858. The third kappa shape index (κ3) is 3.81. The topological polar surface area (TPSA) is 116 Å². The maximum Gasteiger partial charge on any atom is 0.318 e. The van der Waals surface area contributed by atoms with Gasteiger partial charge in [0.2, 0.25) is 5.91 Å². The number of furan rings is 1. The van der Waals surface area contributed by atoms with Gasteiger partial charge in [0, 0.05) is 6.54 Å². The summed E-state index contributed by atoms with van der Waals surface area (Å²) < 4.78 is 7.12. The average Bonchev–Trinajstić information content (AvgIpc) is 3.05. The maximum atomic E-state index is 11.8. The number of primary amides is 1. The number of amides is 3. The number of thioether (sulfide) groups is 1. The fourth-order valence-electron chi connectivity index (χ4n) is 1.92. The average molecular weight is 335 g/mol. The van der Waals surface area contributed by atoms with Crippen molar-refractivity contribution in [3.63, 3.8) is 0 Å². The van der Waals surface area contributed by atoms with Gasteiger partial charge in [0.05, 0.1) is 17.1 Å². The number of aryl methyl sites for hydroxylation is 1. The Morgan fingerprint density at radius 1 is 1.57 bits per heavy atom. The normalized spacial score (nSPS) is 11.9. The Morgan fingerprint density at radius 3 is 2.87 bits per heavy atom. The number of imide groups is 1. The number of hydrogen-bond donors (Lipinski definition) is 2. The Balaban J connectivity index is 2.28. The van der Waals surface area contributed by atoms with E-state index in [1.165, 1.54) is 11.8 Å². The minimum atomic E-state index is -0.885. The highest BCUT2D eigenvalue weighted by atomic mass is 32.2. The van der Waals surface area contributed by atoms with Crippen LogP contribution in [0, 0.1) is 6.92 Å². The number of nitrogens with zero attached hydrogens (tertiary/aromatic N) is 3. The van der Waals surface area contributed by atoms with Crippen LogP contribution < -0.4 is 11.1 Å². The van der Waals surface area contributed by atoms with E-state index in [0.717, 1.165) is 11.3 Å². The molecule has 9 heteroatoms. The smallest absolute Gasteiger partial charge is 0.318 e. The SMILES string of the molecule is C=CCn1c(S[C@@H](C)C(=O)NC(N)=O)nnc1-c1ccoc1C. The molecule has 0 spiro atoms. The van der Waals surface area contributed by atoms with Crippen molar-refractivity contribution in [3.8, 4) is 11.4 Å². The van der Waals surface area contributed by atoms with E-state index in [4.69, 9.17) is 10.2 Å². The molecule has 8 nitrogen and oxygen atoms in total. The first-order valence-corrected chi connectivity index (χ1v) is 7.67. The molecule has 0 radical (unpaired) electrons. The minimum absolute atomic E-state index is 0.472. The number of carbonyl (C=O) groups excluding carboxylic acids is 2. The van der Waals surface area contributed by atoms with Crippen LogP contribution in [0.1, 0.15) is 12.7 Å². The summed E-state index contributed by atoms with van der Waals surface area (Å²) in [5, 5.41) is 10.3. The van der Waals surface area contributed by atoms with Crippen LogP contribution in [0.3, 0.4) is 0 Å². The van der Waals surface area contributed by atoms with Gasteiger partial charge in [-0.25, -0.2) is 4.79 Å². The molecule has 1 atom stereocenters. The molecule has 0 aliphatic carbocycles. The second-order valence-electron chi connectivity index (χ2n) is 4.71. The summed E-state index contributed by atoms with van der Waals surface area (Å²) in [4.78, 5) is 22.5. The van der Waals surface area contributed by atoms with Gasteiger partial charge in [-0.2, -0.15) is 0 Å². The number of nitrogens with two attached hydrogens (primary N) is 1. The fraction of sp³-hybridized carbons (Fsp3) is 0.286. The third-order valence-electron chi connectivity index (χ3n) is 3.03. The molecule has 2 aromatic heterocycles. The molecule has 0 aliphatic rings. The fourth-order valence-corrected chi connectivity index (χ4v) is 2.78. The van der Waals surface area contributed by atoms with E-state index in [1.807, 2.05) is 16.8 Å². The van der Waals surface area contributed by atoms with E-state index < -0.39 is 17.2 Å². The Labute approximate surface area is 137 Å². The van der Waals surface area contributed by atoms with Gasteiger partial charge in [-0.3, -0.25) is 14.7 Å². The van der Waals surface area contributed by atoms with Crippen molar-refractivity contribution in [2.75, 3.05) is 0 Å². The Morgan fingerprint density at radius 2 is 2.30 bits per heavy atom. The summed E-state index contributed by atoms with van der Waals surface area (Å²) >= 11 is 1.18. The highest BCUT2D eigenvalue weighted by molar-refractivity contribution is 8.00. The van der Waals surface area contributed by atoms with Gasteiger partial charge in [0.25, 0.3) is 0 Å². The summed E-state index contributed by atoms with van der Waals surface area (Å²) in [6.07, 6.45) is 3.29.